The van der Waals surface area contributed by atoms with Gasteiger partial charge in [-0.3, -0.25) is 14.5 Å². The number of benzene rings is 1. The fourth-order valence-corrected chi connectivity index (χ4v) is 8.55. The van der Waals surface area contributed by atoms with Gasteiger partial charge in [-0.1, -0.05) is 26.0 Å². The molecule has 2 N–H and O–H groups in total. The molecule has 13 nitrogen and oxygen atoms in total. The molecule has 14 heteroatoms. The summed E-state index contributed by atoms with van der Waals surface area (Å²) in [5.41, 5.74) is 1.25. The monoisotopic (exact) mass is 775 g/mol. The van der Waals surface area contributed by atoms with Crippen molar-refractivity contribution in [3.63, 3.8) is 0 Å². The van der Waals surface area contributed by atoms with Gasteiger partial charge in [-0.2, -0.15) is 0 Å². The summed E-state index contributed by atoms with van der Waals surface area (Å²) in [6.45, 7) is 16.0. The molecule has 2 saturated heterocycles. The van der Waals surface area contributed by atoms with Crippen LogP contribution in [0.3, 0.4) is 0 Å². The summed E-state index contributed by atoms with van der Waals surface area (Å²) in [4.78, 5) is 51.6. The number of nitrogens with zero attached hydrogens (tertiary/aromatic N) is 3. The topological polar surface area (TPSA) is 147 Å². The summed E-state index contributed by atoms with van der Waals surface area (Å²) >= 11 is 0. The van der Waals surface area contributed by atoms with E-state index in [1.807, 2.05) is 64.0 Å². The molecule has 54 heavy (non-hydrogen) atoms. The Hall–Kier alpha value is -3.49. The number of hydrogen-bond acceptors (Lipinski definition) is 9. The van der Waals surface area contributed by atoms with Gasteiger partial charge >= 0.3 is 6.09 Å². The quantitative estimate of drug-likeness (QED) is 0.208. The number of nitrogens with one attached hydrogen (secondary N) is 2. The molecular formula is C40H65N5O8S. The van der Waals surface area contributed by atoms with Crippen LogP contribution in [0.25, 0.3) is 0 Å². The van der Waals surface area contributed by atoms with Crippen molar-refractivity contribution >= 4 is 35.7 Å². The molecule has 0 spiro atoms. The fraction of sp³-hybridized carbons (Fsp3) is 0.700. The Bertz CT molecular complexity index is 1400. The van der Waals surface area contributed by atoms with Crippen LogP contribution in [0.4, 0.5) is 4.79 Å². The number of carbonyl (C=O) groups is 4. The number of aldehydes is 1. The van der Waals surface area contributed by atoms with Crippen LogP contribution >= 0.6 is 0 Å². The maximum Gasteiger partial charge on any atom is 0.407 e. The van der Waals surface area contributed by atoms with Gasteiger partial charge in [0.2, 0.25) is 12.3 Å². The Labute approximate surface area is 325 Å². The number of likely N-dealkylation sites (tertiary alicyclic amines) is 1. The van der Waals surface area contributed by atoms with Crippen LogP contribution in [0.15, 0.2) is 30.0 Å². The molecule has 3 aliphatic rings. The first-order valence-electron chi connectivity index (χ1n) is 19.7. The molecule has 0 radical (unpaired) electrons. The van der Waals surface area contributed by atoms with Gasteiger partial charge in [0.25, 0.3) is 0 Å². The highest BCUT2D eigenvalue weighted by Crippen LogP contribution is 2.29. The highest BCUT2D eigenvalue weighted by Gasteiger charge is 2.31. The molecule has 1 aliphatic carbocycles. The van der Waals surface area contributed by atoms with Crippen molar-refractivity contribution in [3.05, 3.63) is 41.2 Å². The lowest BCUT2D eigenvalue weighted by Gasteiger charge is -2.35. The molecule has 1 aromatic rings. The van der Waals surface area contributed by atoms with Crippen LogP contribution in [0.1, 0.15) is 104 Å². The molecule has 1 aromatic carbocycles. The van der Waals surface area contributed by atoms with E-state index in [1.165, 1.54) is 11.9 Å². The molecule has 0 bridgehead atoms. The van der Waals surface area contributed by atoms with Crippen molar-refractivity contribution in [1.82, 2.24) is 24.7 Å². The predicted octanol–water partition coefficient (Wildman–Crippen LogP) is 5.02. The van der Waals surface area contributed by atoms with Crippen molar-refractivity contribution in [2.45, 2.75) is 135 Å². The number of hydrogen-bond donors (Lipinski definition) is 2. The number of piperidine rings is 2. The van der Waals surface area contributed by atoms with E-state index in [-0.39, 0.29) is 42.7 Å². The largest absolute Gasteiger partial charge is 0.495 e. The number of amides is 3. The van der Waals surface area contributed by atoms with Crippen LogP contribution in [0.2, 0.25) is 0 Å². The standard InChI is InChI=1S/C38H59N5O8S.C2H6/c1-28-9-6-13-35(33(28)26-42(27-45)34(12-8-23-44)36(46)39-5)49-24-22-41-18-16-30(17-19-41)50-31-10-7-11-32(25-31)52(48)43-20-14-29(15-21-43)40-37(47)51-38(2,3)4;1-2/h6,9,13,23,25,27,29-30,32,34H,7-8,10-12,14-22,24,26H2,1-5H3,(H,39,46)(H,40,47);1-2H3. The summed E-state index contributed by atoms with van der Waals surface area (Å²) < 4.78 is 33.7. The minimum atomic E-state index is -1.14. The maximum atomic E-state index is 13.5. The molecule has 4 rings (SSSR count). The number of rotatable bonds is 17. The van der Waals surface area contributed by atoms with Gasteiger partial charge in [-0.05, 0) is 90.3 Å². The predicted molar refractivity (Wildman–Crippen MR) is 211 cm³/mol. The third-order valence-electron chi connectivity index (χ3n) is 9.84. The zero-order valence-corrected chi connectivity index (χ0v) is 34.4. The zero-order valence-electron chi connectivity index (χ0n) is 33.6. The Morgan fingerprint density at radius 1 is 1.06 bits per heavy atom. The lowest BCUT2D eigenvalue weighted by atomic mass is 10.0. The van der Waals surface area contributed by atoms with Crippen molar-refractivity contribution in [2.75, 3.05) is 46.4 Å². The van der Waals surface area contributed by atoms with Crippen LogP contribution in [-0.2, 0) is 41.4 Å². The molecule has 0 aromatic heterocycles. The number of allylic oxidation sites excluding steroid dienone is 1. The number of alkyl carbamates (subject to hydrolysis) is 1. The summed E-state index contributed by atoms with van der Waals surface area (Å²) in [6, 6.07) is 5.03. The molecule has 2 fully saturated rings. The van der Waals surface area contributed by atoms with E-state index < -0.39 is 28.7 Å². The van der Waals surface area contributed by atoms with Gasteiger partial charge in [-0.25, -0.2) is 13.3 Å². The molecule has 2 aliphatic heterocycles. The maximum absolute atomic E-state index is 13.5. The normalized spacial score (nSPS) is 19.9. The number of ether oxygens (including phenoxy) is 3. The van der Waals surface area contributed by atoms with Crippen molar-refractivity contribution < 1.29 is 37.6 Å². The molecule has 3 amide bonds. The molecule has 0 saturated carbocycles. The van der Waals surface area contributed by atoms with E-state index in [4.69, 9.17) is 14.2 Å². The number of aryl methyl sites for hydroxylation is 1. The lowest BCUT2D eigenvalue weighted by molar-refractivity contribution is -0.133. The average Bonchev–Trinajstić information content (AvgIpc) is 3.16. The van der Waals surface area contributed by atoms with E-state index in [2.05, 4.69) is 21.6 Å². The second-order valence-electron chi connectivity index (χ2n) is 14.9. The Balaban J connectivity index is 0.00000385. The van der Waals surface area contributed by atoms with E-state index in [1.54, 1.807) is 0 Å². The van der Waals surface area contributed by atoms with Crippen molar-refractivity contribution in [1.29, 1.82) is 0 Å². The van der Waals surface area contributed by atoms with Gasteiger partial charge in [0.05, 0.1) is 17.6 Å². The van der Waals surface area contributed by atoms with Crippen LogP contribution < -0.4 is 15.4 Å². The molecule has 3 atom stereocenters. The number of carbonyl (C=O) groups excluding carboxylic acids is 4. The number of likely N-dealkylation sites (N-methyl/N-ethyl adjacent to an activating group) is 1. The van der Waals surface area contributed by atoms with Crippen molar-refractivity contribution in [2.24, 2.45) is 0 Å². The first kappa shape index (κ1) is 44.9. The Morgan fingerprint density at radius 3 is 2.39 bits per heavy atom. The SMILES string of the molecule is CC.CNC(=O)C(CCC=O)N(C=O)Cc1c(C)cccc1OCCN1CCC(OC2=CC(S(=O)N3CCC(NC(=O)OC(C)(C)C)CC3)CCC2)CC1. The zero-order chi connectivity index (χ0) is 39.7. The lowest BCUT2D eigenvalue weighted by Crippen LogP contribution is -2.47. The first-order valence-corrected chi connectivity index (χ1v) is 20.9. The van der Waals surface area contributed by atoms with E-state index in [0.29, 0.717) is 31.9 Å². The van der Waals surface area contributed by atoms with Gasteiger partial charge in [0.15, 0.2) is 0 Å². The fourth-order valence-electron chi connectivity index (χ4n) is 6.96. The van der Waals surface area contributed by atoms with Crippen LogP contribution in [0, 0.1) is 6.92 Å². The Morgan fingerprint density at radius 2 is 1.76 bits per heavy atom. The van der Waals surface area contributed by atoms with Gasteiger partial charge in [0, 0.05) is 64.2 Å². The van der Waals surface area contributed by atoms with E-state index in [9.17, 15) is 23.4 Å². The minimum absolute atomic E-state index is 0.0238. The summed E-state index contributed by atoms with van der Waals surface area (Å²) in [5.74, 6) is 1.32. The third-order valence-corrected chi connectivity index (χ3v) is 11.6. The third kappa shape index (κ3) is 14.3. The molecule has 3 unspecified atom stereocenters. The minimum Gasteiger partial charge on any atom is -0.495 e. The smallest absolute Gasteiger partial charge is 0.407 e. The van der Waals surface area contributed by atoms with E-state index in [0.717, 1.165) is 87.8 Å². The first-order chi connectivity index (χ1) is 25.9. The average molecular weight is 776 g/mol. The van der Waals surface area contributed by atoms with Gasteiger partial charge in [0.1, 0.15) is 47.4 Å². The highest BCUT2D eigenvalue weighted by molar-refractivity contribution is 7.83. The van der Waals surface area contributed by atoms with Gasteiger partial charge in [-0.15, -0.1) is 0 Å². The highest BCUT2D eigenvalue weighted by atomic mass is 32.2. The summed E-state index contributed by atoms with van der Waals surface area (Å²) in [5, 5.41) is 5.49. The van der Waals surface area contributed by atoms with Crippen molar-refractivity contribution in [3.8, 4) is 5.75 Å². The summed E-state index contributed by atoms with van der Waals surface area (Å²) in [6.07, 6.45) is 9.62. The molecule has 304 valence electrons. The molecule has 2 heterocycles. The van der Waals surface area contributed by atoms with Crippen LogP contribution in [0.5, 0.6) is 5.75 Å². The van der Waals surface area contributed by atoms with Crippen LogP contribution in [-0.4, -0.2) is 118 Å². The second kappa shape index (κ2) is 22.8. The van der Waals surface area contributed by atoms with Gasteiger partial charge < -0.3 is 34.5 Å². The Kier molecular flexibility index (Phi) is 18.9. The summed E-state index contributed by atoms with van der Waals surface area (Å²) in [7, 11) is 0.377. The second-order valence-corrected chi connectivity index (χ2v) is 16.6. The molecular weight excluding hydrogens is 711 g/mol. The van der Waals surface area contributed by atoms with E-state index >= 15 is 0 Å².